The summed E-state index contributed by atoms with van der Waals surface area (Å²) in [5.41, 5.74) is 1.47. The van der Waals surface area contributed by atoms with Crippen molar-refractivity contribution in [2.45, 2.75) is 32.9 Å². The van der Waals surface area contributed by atoms with Crippen LogP contribution >= 0.6 is 0 Å². The molecule has 1 aromatic carbocycles. The van der Waals surface area contributed by atoms with Gasteiger partial charge in [0, 0.05) is 6.54 Å². The largest absolute Gasteiger partial charge is 0.507 e. The minimum atomic E-state index is -0.560. The van der Waals surface area contributed by atoms with E-state index in [-0.39, 0.29) is 17.8 Å². The van der Waals surface area contributed by atoms with Crippen molar-refractivity contribution in [1.29, 1.82) is 0 Å². The quantitative estimate of drug-likeness (QED) is 0.864. The Labute approximate surface area is 112 Å². The van der Waals surface area contributed by atoms with E-state index in [1.54, 1.807) is 19.1 Å². The number of nitrogens with one attached hydrogen (secondary N) is 1. The summed E-state index contributed by atoms with van der Waals surface area (Å²) in [6, 6.07) is 4.70. The molecule has 5 nitrogen and oxygen atoms in total. The number of phenolic OH excluding ortho intramolecular Hbond substituents is 1. The number of rotatable bonds is 3. The lowest BCUT2D eigenvalue weighted by Crippen LogP contribution is -2.38. The molecule has 2 rings (SSSR count). The molecule has 2 N–H and O–H groups in total. The second-order valence-corrected chi connectivity index (χ2v) is 4.62. The van der Waals surface area contributed by atoms with E-state index >= 15 is 0 Å². The number of nitrogens with zero attached hydrogens (tertiary/aromatic N) is 1. The summed E-state index contributed by atoms with van der Waals surface area (Å²) >= 11 is 0. The van der Waals surface area contributed by atoms with Crippen molar-refractivity contribution >= 4 is 11.8 Å². The van der Waals surface area contributed by atoms with Crippen LogP contribution in [0.15, 0.2) is 23.2 Å². The highest BCUT2D eigenvalue weighted by molar-refractivity contribution is 6.00. The van der Waals surface area contributed by atoms with Crippen LogP contribution in [0, 0.1) is 6.92 Å². The molecule has 1 aliphatic rings. The van der Waals surface area contributed by atoms with Gasteiger partial charge in [-0.3, -0.25) is 4.79 Å². The first-order valence-corrected chi connectivity index (χ1v) is 6.35. The Hall–Kier alpha value is -2.04. The monoisotopic (exact) mass is 262 g/mol. The third kappa shape index (κ3) is 2.70. The highest BCUT2D eigenvalue weighted by atomic mass is 16.5. The van der Waals surface area contributed by atoms with Crippen LogP contribution in [0.2, 0.25) is 0 Å². The molecule has 102 valence electrons. The number of carbonyl (C=O) groups excluding carboxylic acids is 1. The summed E-state index contributed by atoms with van der Waals surface area (Å²) in [7, 11) is 0. The number of aryl methyl sites for hydroxylation is 1. The molecule has 1 aliphatic heterocycles. The zero-order chi connectivity index (χ0) is 14.0. The number of amides is 1. The van der Waals surface area contributed by atoms with Crippen LogP contribution in [-0.4, -0.2) is 35.6 Å². The standard InChI is InChI=1S/C14H18N2O3/c1-4-15-13(18)12-9(3)19-14(16-12)10-6-5-8(2)7-11(10)17/h5-7,9,12,17H,4H2,1-3H3,(H,15,18). The van der Waals surface area contributed by atoms with Gasteiger partial charge in [0.1, 0.15) is 11.9 Å². The number of carbonyl (C=O) groups is 1. The van der Waals surface area contributed by atoms with Crippen LogP contribution in [0.3, 0.4) is 0 Å². The minimum absolute atomic E-state index is 0.113. The van der Waals surface area contributed by atoms with E-state index in [0.717, 1.165) is 5.56 Å². The third-order valence-corrected chi connectivity index (χ3v) is 3.00. The fourth-order valence-electron chi connectivity index (χ4n) is 2.01. The number of benzene rings is 1. The van der Waals surface area contributed by atoms with Crippen LogP contribution in [0.1, 0.15) is 25.0 Å². The molecule has 1 heterocycles. The van der Waals surface area contributed by atoms with Gasteiger partial charge in [0.2, 0.25) is 11.8 Å². The van der Waals surface area contributed by atoms with Gasteiger partial charge in [-0.15, -0.1) is 0 Å². The molecule has 0 saturated carbocycles. The molecule has 0 saturated heterocycles. The number of hydrogen-bond donors (Lipinski definition) is 2. The molecule has 0 aliphatic carbocycles. The first-order chi connectivity index (χ1) is 9.02. The Kier molecular flexibility index (Phi) is 3.74. The Balaban J connectivity index is 2.26. The molecular weight excluding hydrogens is 244 g/mol. The van der Waals surface area contributed by atoms with E-state index in [0.29, 0.717) is 18.0 Å². The summed E-state index contributed by atoms with van der Waals surface area (Å²) in [5, 5.41) is 12.6. The number of aromatic hydroxyl groups is 1. The molecule has 0 fully saturated rings. The number of aliphatic imine (C=N–C) groups is 1. The molecule has 0 bridgehead atoms. The molecule has 0 spiro atoms. The van der Waals surface area contributed by atoms with Crippen molar-refractivity contribution in [2.24, 2.45) is 4.99 Å². The normalized spacial score (nSPS) is 21.7. The summed E-state index contributed by atoms with van der Waals surface area (Å²) in [4.78, 5) is 16.1. The van der Waals surface area contributed by atoms with Crippen molar-refractivity contribution < 1.29 is 14.6 Å². The lowest BCUT2D eigenvalue weighted by atomic mass is 10.1. The molecule has 1 amide bonds. The first kappa shape index (κ1) is 13.4. The van der Waals surface area contributed by atoms with Crippen LogP contribution < -0.4 is 5.32 Å². The van der Waals surface area contributed by atoms with Crippen LogP contribution in [0.4, 0.5) is 0 Å². The van der Waals surface area contributed by atoms with E-state index < -0.39 is 6.04 Å². The lowest BCUT2D eigenvalue weighted by molar-refractivity contribution is -0.123. The highest BCUT2D eigenvalue weighted by Gasteiger charge is 2.34. The van der Waals surface area contributed by atoms with Gasteiger partial charge in [-0.25, -0.2) is 4.99 Å². The van der Waals surface area contributed by atoms with Gasteiger partial charge in [0.05, 0.1) is 5.56 Å². The van der Waals surface area contributed by atoms with Crippen molar-refractivity contribution in [3.63, 3.8) is 0 Å². The SMILES string of the molecule is CCNC(=O)C1N=C(c2ccc(C)cc2O)OC1C. The molecule has 2 atom stereocenters. The maximum atomic E-state index is 11.8. The molecule has 1 aromatic rings. The Bertz CT molecular complexity index is 525. The Morgan fingerprint density at radius 3 is 2.89 bits per heavy atom. The molecule has 19 heavy (non-hydrogen) atoms. The Morgan fingerprint density at radius 1 is 1.53 bits per heavy atom. The average molecular weight is 262 g/mol. The zero-order valence-electron chi connectivity index (χ0n) is 11.3. The predicted molar refractivity (Wildman–Crippen MR) is 72.4 cm³/mol. The van der Waals surface area contributed by atoms with Crippen molar-refractivity contribution in [1.82, 2.24) is 5.32 Å². The summed E-state index contributed by atoms with van der Waals surface area (Å²) in [6.07, 6.45) is -0.331. The zero-order valence-corrected chi connectivity index (χ0v) is 11.3. The summed E-state index contributed by atoms with van der Waals surface area (Å²) in [6.45, 7) is 6.10. The van der Waals surface area contributed by atoms with Crippen molar-refractivity contribution in [2.75, 3.05) is 6.54 Å². The van der Waals surface area contributed by atoms with Crippen LogP contribution in [0.25, 0.3) is 0 Å². The average Bonchev–Trinajstić information content (AvgIpc) is 2.71. The maximum Gasteiger partial charge on any atom is 0.248 e. The van der Waals surface area contributed by atoms with Gasteiger partial charge in [-0.2, -0.15) is 0 Å². The van der Waals surface area contributed by atoms with E-state index in [1.807, 2.05) is 19.9 Å². The van der Waals surface area contributed by atoms with Crippen LogP contribution in [0.5, 0.6) is 5.75 Å². The second kappa shape index (κ2) is 5.30. The molecular formula is C14H18N2O3. The number of likely N-dealkylation sites (N-methyl/N-ethyl adjacent to an activating group) is 1. The minimum Gasteiger partial charge on any atom is -0.507 e. The third-order valence-electron chi connectivity index (χ3n) is 3.00. The summed E-state index contributed by atoms with van der Waals surface area (Å²) < 4.78 is 5.58. The van der Waals surface area contributed by atoms with E-state index in [9.17, 15) is 9.90 Å². The fraction of sp³-hybridized carbons (Fsp3) is 0.429. The second-order valence-electron chi connectivity index (χ2n) is 4.62. The highest BCUT2D eigenvalue weighted by Crippen LogP contribution is 2.25. The number of ether oxygens (including phenoxy) is 1. The predicted octanol–water partition coefficient (Wildman–Crippen LogP) is 1.37. The van der Waals surface area contributed by atoms with Gasteiger partial charge < -0.3 is 15.2 Å². The lowest BCUT2D eigenvalue weighted by Gasteiger charge is -2.12. The van der Waals surface area contributed by atoms with Gasteiger partial charge in [0.25, 0.3) is 0 Å². The topological polar surface area (TPSA) is 70.9 Å². The van der Waals surface area contributed by atoms with Crippen molar-refractivity contribution in [3.8, 4) is 5.75 Å². The Morgan fingerprint density at radius 2 is 2.26 bits per heavy atom. The van der Waals surface area contributed by atoms with Gasteiger partial charge in [-0.1, -0.05) is 6.07 Å². The maximum absolute atomic E-state index is 11.8. The number of hydrogen-bond acceptors (Lipinski definition) is 4. The fourth-order valence-corrected chi connectivity index (χ4v) is 2.01. The molecule has 5 heteroatoms. The van der Waals surface area contributed by atoms with Gasteiger partial charge in [0.15, 0.2) is 6.04 Å². The van der Waals surface area contributed by atoms with Crippen molar-refractivity contribution in [3.05, 3.63) is 29.3 Å². The van der Waals surface area contributed by atoms with Crippen LogP contribution in [-0.2, 0) is 9.53 Å². The van der Waals surface area contributed by atoms with E-state index in [2.05, 4.69) is 10.3 Å². The molecule has 0 aromatic heterocycles. The smallest absolute Gasteiger partial charge is 0.248 e. The molecule has 2 unspecified atom stereocenters. The first-order valence-electron chi connectivity index (χ1n) is 6.35. The van der Waals surface area contributed by atoms with E-state index in [1.165, 1.54) is 0 Å². The van der Waals surface area contributed by atoms with E-state index in [4.69, 9.17) is 4.74 Å². The van der Waals surface area contributed by atoms with Gasteiger partial charge in [-0.05, 0) is 38.5 Å². The number of phenols is 1. The van der Waals surface area contributed by atoms with Gasteiger partial charge >= 0.3 is 0 Å². The summed E-state index contributed by atoms with van der Waals surface area (Å²) in [5.74, 6) is 0.278. The molecule has 0 radical (unpaired) electrons.